The third-order valence-corrected chi connectivity index (χ3v) is 8.79. The summed E-state index contributed by atoms with van der Waals surface area (Å²) in [7, 11) is 0. The number of pyridine rings is 2. The molecule has 44 heavy (non-hydrogen) atoms. The Labute approximate surface area is 258 Å². The molecular formula is C40H32N4. The van der Waals surface area contributed by atoms with E-state index in [1.807, 2.05) is 12.4 Å². The van der Waals surface area contributed by atoms with Crippen LogP contribution in [0.1, 0.15) is 33.7 Å². The van der Waals surface area contributed by atoms with Gasteiger partial charge in [-0.15, -0.1) is 0 Å². The molecule has 2 aromatic heterocycles. The van der Waals surface area contributed by atoms with Gasteiger partial charge in [0.1, 0.15) is 11.6 Å². The van der Waals surface area contributed by atoms with E-state index < -0.39 is 0 Å². The molecule has 0 saturated carbocycles. The second-order valence-corrected chi connectivity index (χ2v) is 11.7. The minimum atomic E-state index is 0.190. The lowest BCUT2D eigenvalue weighted by Gasteiger charge is -2.40. The smallest absolute Gasteiger partial charge is 0.137 e. The number of nitrogens with zero attached hydrogens (tertiary/aromatic N) is 4. The molecule has 0 aliphatic heterocycles. The molecule has 0 spiro atoms. The molecule has 3 aliphatic rings. The Morgan fingerprint density at radius 1 is 0.568 bits per heavy atom. The van der Waals surface area contributed by atoms with Gasteiger partial charge < -0.3 is 0 Å². The zero-order valence-corrected chi connectivity index (χ0v) is 24.8. The van der Waals surface area contributed by atoms with E-state index in [0.717, 1.165) is 45.5 Å². The van der Waals surface area contributed by atoms with Crippen molar-refractivity contribution in [3.05, 3.63) is 173 Å². The highest BCUT2D eigenvalue weighted by Crippen LogP contribution is 2.53. The van der Waals surface area contributed by atoms with Crippen LogP contribution >= 0.6 is 0 Å². The molecule has 0 amide bonds. The van der Waals surface area contributed by atoms with Crippen LogP contribution in [0.2, 0.25) is 0 Å². The Morgan fingerprint density at radius 2 is 1.18 bits per heavy atom. The van der Waals surface area contributed by atoms with Gasteiger partial charge in [0.2, 0.25) is 0 Å². The van der Waals surface area contributed by atoms with Gasteiger partial charge in [-0.25, -0.2) is 9.97 Å². The first-order valence-electron chi connectivity index (χ1n) is 15.2. The predicted molar refractivity (Wildman–Crippen MR) is 182 cm³/mol. The Morgan fingerprint density at radius 3 is 1.82 bits per heavy atom. The van der Waals surface area contributed by atoms with E-state index in [4.69, 9.17) is 9.97 Å². The molecule has 0 bridgehead atoms. The lowest BCUT2D eigenvalue weighted by Crippen LogP contribution is -2.28. The van der Waals surface area contributed by atoms with Crippen LogP contribution in [0, 0.1) is 19.8 Å². The number of allylic oxidation sites excluding steroid dienone is 5. The number of aromatic nitrogens is 2. The van der Waals surface area contributed by atoms with E-state index >= 15 is 0 Å². The summed E-state index contributed by atoms with van der Waals surface area (Å²) < 4.78 is 0. The average Bonchev–Trinajstić information content (AvgIpc) is 3.07. The highest BCUT2D eigenvalue weighted by atomic mass is 15.2. The van der Waals surface area contributed by atoms with E-state index in [1.165, 1.54) is 22.3 Å². The average molecular weight is 569 g/mol. The topological polar surface area (TPSA) is 32.3 Å². The van der Waals surface area contributed by atoms with E-state index in [0.29, 0.717) is 0 Å². The van der Waals surface area contributed by atoms with Crippen LogP contribution in [-0.4, -0.2) is 9.97 Å². The number of para-hydroxylation sites is 2. The third kappa shape index (κ3) is 4.38. The van der Waals surface area contributed by atoms with Crippen molar-refractivity contribution in [2.75, 3.05) is 9.80 Å². The van der Waals surface area contributed by atoms with Gasteiger partial charge in [0.15, 0.2) is 0 Å². The molecule has 5 aromatic rings. The first kappa shape index (κ1) is 26.2. The van der Waals surface area contributed by atoms with E-state index in [1.54, 1.807) is 0 Å². The molecule has 2 atom stereocenters. The van der Waals surface area contributed by atoms with Crippen LogP contribution in [0.15, 0.2) is 145 Å². The Hall–Kier alpha value is -5.48. The standard InChI is InChI=1S/C40H32N4/c1-27-13-23-37(41-25-27)43(31-9-5-3-6-10-31)35-21-17-29-16-20-34-36(22-18-30-15-19-33(35)39(29)40(30)34)44(32-11-7-4-8-12-32)38-24-14-28(2)26-42-38/h3-26,29,39H,1-2H3. The lowest BCUT2D eigenvalue weighted by atomic mass is 9.68. The van der Waals surface area contributed by atoms with Gasteiger partial charge in [-0.3, -0.25) is 9.80 Å². The molecule has 2 unspecified atom stereocenters. The van der Waals surface area contributed by atoms with Crippen LogP contribution in [0.3, 0.4) is 0 Å². The lowest BCUT2D eigenvalue weighted by molar-refractivity contribution is 0.655. The van der Waals surface area contributed by atoms with Gasteiger partial charge in [0, 0.05) is 41.2 Å². The maximum Gasteiger partial charge on any atom is 0.137 e. The molecule has 3 aliphatic carbocycles. The van der Waals surface area contributed by atoms with Crippen LogP contribution in [0.25, 0.3) is 12.2 Å². The van der Waals surface area contributed by atoms with Crippen molar-refractivity contribution in [2.24, 2.45) is 5.92 Å². The zero-order valence-electron chi connectivity index (χ0n) is 24.8. The van der Waals surface area contributed by atoms with E-state index in [-0.39, 0.29) is 11.8 Å². The van der Waals surface area contributed by atoms with Crippen LogP contribution in [0.4, 0.5) is 28.7 Å². The summed E-state index contributed by atoms with van der Waals surface area (Å²) in [6.07, 6.45) is 17.8. The molecule has 4 nitrogen and oxygen atoms in total. The number of hydrogen-bond donors (Lipinski definition) is 0. The zero-order chi connectivity index (χ0) is 29.6. The number of anilines is 5. The van der Waals surface area contributed by atoms with Crippen molar-refractivity contribution < 1.29 is 0 Å². The Bertz CT molecular complexity index is 1970. The van der Waals surface area contributed by atoms with Gasteiger partial charge in [-0.1, -0.05) is 85.0 Å². The molecule has 3 aromatic carbocycles. The fourth-order valence-corrected chi connectivity index (χ4v) is 6.71. The van der Waals surface area contributed by atoms with E-state index in [9.17, 15) is 0 Å². The minimum Gasteiger partial charge on any atom is -0.295 e. The summed E-state index contributed by atoms with van der Waals surface area (Å²) >= 11 is 0. The van der Waals surface area contributed by atoms with Crippen molar-refractivity contribution in [2.45, 2.75) is 19.8 Å². The molecule has 212 valence electrons. The summed E-state index contributed by atoms with van der Waals surface area (Å²) in [5, 5.41) is 0. The van der Waals surface area contributed by atoms with E-state index in [2.05, 4.69) is 157 Å². The van der Waals surface area contributed by atoms with Crippen LogP contribution in [-0.2, 0) is 0 Å². The number of aryl methyl sites for hydroxylation is 2. The highest BCUT2D eigenvalue weighted by Gasteiger charge is 2.38. The molecule has 8 rings (SSSR count). The molecule has 0 fully saturated rings. The maximum atomic E-state index is 4.88. The molecule has 0 radical (unpaired) electrons. The predicted octanol–water partition coefficient (Wildman–Crippen LogP) is 9.98. The maximum absolute atomic E-state index is 4.88. The van der Waals surface area contributed by atoms with Crippen molar-refractivity contribution in [3.63, 3.8) is 0 Å². The fourth-order valence-electron chi connectivity index (χ4n) is 6.71. The first-order valence-corrected chi connectivity index (χ1v) is 15.2. The van der Waals surface area contributed by atoms with Crippen molar-refractivity contribution in [1.29, 1.82) is 0 Å². The van der Waals surface area contributed by atoms with Gasteiger partial charge in [-0.05, 0) is 90.2 Å². The third-order valence-electron chi connectivity index (χ3n) is 8.79. The first-order chi connectivity index (χ1) is 21.7. The van der Waals surface area contributed by atoms with Crippen molar-refractivity contribution >= 4 is 40.8 Å². The number of benzene rings is 3. The summed E-state index contributed by atoms with van der Waals surface area (Å²) in [6.45, 7) is 4.16. The van der Waals surface area contributed by atoms with Crippen molar-refractivity contribution in [1.82, 2.24) is 9.97 Å². The summed E-state index contributed by atoms with van der Waals surface area (Å²) in [5.41, 5.74) is 11.9. The summed E-state index contributed by atoms with van der Waals surface area (Å²) in [6, 6.07) is 34.1. The van der Waals surface area contributed by atoms with Crippen LogP contribution < -0.4 is 9.80 Å². The van der Waals surface area contributed by atoms with Gasteiger partial charge >= 0.3 is 0 Å². The SMILES string of the molecule is Cc1ccc(N(C2=C3C=Cc4ccc(N(c5ccccc5)c5ccc(C)cn5)c5c4C3C(C=C2)C=C5)c2ccccc2)nc1. The molecule has 2 heterocycles. The summed E-state index contributed by atoms with van der Waals surface area (Å²) in [4.78, 5) is 14.3. The highest BCUT2D eigenvalue weighted by molar-refractivity contribution is 5.88. The van der Waals surface area contributed by atoms with Crippen molar-refractivity contribution in [3.8, 4) is 0 Å². The number of hydrogen-bond acceptors (Lipinski definition) is 4. The molecule has 0 N–H and O–H groups in total. The second kappa shape index (κ2) is 10.7. The molecular weight excluding hydrogens is 536 g/mol. The molecule has 0 saturated heterocycles. The quantitative estimate of drug-likeness (QED) is 0.204. The van der Waals surface area contributed by atoms with Gasteiger partial charge in [0.05, 0.1) is 11.4 Å². The normalized spacial score (nSPS) is 17.4. The summed E-state index contributed by atoms with van der Waals surface area (Å²) in [5.74, 6) is 2.27. The number of rotatable bonds is 6. The van der Waals surface area contributed by atoms with Gasteiger partial charge in [0.25, 0.3) is 0 Å². The Balaban J connectivity index is 1.32. The minimum absolute atomic E-state index is 0.190. The Kier molecular flexibility index (Phi) is 6.34. The fraction of sp³-hybridized carbons (Fsp3) is 0.100. The largest absolute Gasteiger partial charge is 0.295 e. The molecule has 4 heteroatoms. The van der Waals surface area contributed by atoms with Crippen LogP contribution in [0.5, 0.6) is 0 Å². The monoisotopic (exact) mass is 568 g/mol. The van der Waals surface area contributed by atoms with Gasteiger partial charge in [-0.2, -0.15) is 0 Å². The second-order valence-electron chi connectivity index (χ2n) is 11.7.